The fourth-order valence-corrected chi connectivity index (χ4v) is 7.57. The lowest BCUT2D eigenvalue weighted by atomic mass is 10.4. The van der Waals surface area contributed by atoms with Crippen LogP contribution in [0.15, 0.2) is 29.2 Å². The summed E-state index contributed by atoms with van der Waals surface area (Å²) in [6.07, 6.45) is 0. The van der Waals surface area contributed by atoms with E-state index in [2.05, 4.69) is 0 Å². The molecule has 0 saturated heterocycles. The van der Waals surface area contributed by atoms with Crippen molar-refractivity contribution >= 4 is 16.4 Å². The predicted octanol–water partition coefficient (Wildman–Crippen LogP) is 3.12. The van der Waals surface area contributed by atoms with Crippen molar-refractivity contribution in [3.63, 3.8) is 0 Å². The molecular formula is C10H16FO3PS. The maximum absolute atomic E-state index is 12.8. The lowest BCUT2D eigenvalue weighted by molar-refractivity contribution is 0.395. The van der Waals surface area contributed by atoms with E-state index in [1.807, 2.05) is 0 Å². The highest BCUT2D eigenvalue weighted by Gasteiger charge is 2.39. The molecule has 6 heteroatoms. The van der Waals surface area contributed by atoms with Gasteiger partial charge >= 0.3 is 6.80 Å². The molecule has 0 unspecified atom stereocenters. The molecule has 92 valence electrons. The molecule has 2 N–H and O–H groups in total. The van der Waals surface area contributed by atoms with Gasteiger partial charge < -0.3 is 9.79 Å². The molecule has 0 aliphatic rings. The summed E-state index contributed by atoms with van der Waals surface area (Å²) in [6, 6.07) is 5.46. The predicted molar refractivity (Wildman–Crippen MR) is 65.4 cm³/mol. The lowest BCUT2D eigenvalue weighted by Gasteiger charge is -2.38. The van der Waals surface area contributed by atoms with Crippen LogP contribution in [0.3, 0.4) is 0 Å². The molecule has 0 aliphatic heterocycles. The average Bonchev–Trinajstić information content (AvgIpc) is 2.21. The van der Waals surface area contributed by atoms with Gasteiger partial charge in [-0.2, -0.15) is 0 Å². The molecule has 0 spiro atoms. The van der Waals surface area contributed by atoms with Gasteiger partial charge in [0.25, 0.3) is 0 Å². The standard InChI is InChI=1S/C10H16FO3PS/c1-3-16(4-2,15(12,13)14)10-7-5-9(11)6-8-10/h5-8H,3-4H2,1-2H3,(H2,12,13,14). The fourth-order valence-electron chi connectivity index (χ4n) is 1.70. The van der Waals surface area contributed by atoms with Crippen molar-refractivity contribution in [3.8, 4) is 0 Å². The topological polar surface area (TPSA) is 57.5 Å². The molecule has 0 fully saturated rings. The average molecular weight is 266 g/mol. The second-order valence-electron chi connectivity index (χ2n) is 3.36. The first-order valence-electron chi connectivity index (χ1n) is 4.97. The largest absolute Gasteiger partial charge is 0.370 e. The molecule has 0 saturated carbocycles. The molecule has 0 heterocycles. The van der Waals surface area contributed by atoms with E-state index >= 15 is 0 Å². The molecule has 1 aromatic carbocycles. The highest BCUT2D eigenvalue weighted by Crippen LogP contribution is 2.80. The summed E-state index contributed by atoms with van der Waals surface area (Å²) in [7, 11) is -2.18. The van der Waals surface area contributed by atoms with Crippen molar-refractivity contribution in [2.75, 3.05) is 11.5 Å². The second kappa shape index (κ2) is 4.88. The normalized spacial score (nSPS) is 13.8. The molecule has 0 aromatic heterocycles. The first-order chi connectivity index (χ1) is 7.37. The lowest BCUT2D eigenvalue weighted by Crippen LogP contribution is -2.07. The number of hydrogen-bond acceptors (Lipinski definition) is 1. The summed E-state index contributed by atoms with van der Waals surface area (Å²) in [5, 5.41) is 0. The Kier molecular flexibility index (Phi) is 4.18. The van der Waals surface area contributed by atoms with Gasteiger partial charge in [0, 0.05) is 4.90 Å². The van der Waals surface area contributed by atoms with E-state index in [1.54, 1.807) is 13.8 Å². The van der Waals surface area contributed by atoms with E-state index in [4.69, 9.17) is 0 Å². The highest BCUT2D eigenvalue weighted by molar-refractivity contribution is 8.76. The van der Waals surface area contributed by atoms with Gasteiger partial charge in [-0.25, -0.2) is 8.96 Å². The van der Waals surface area contributed by atoms with E-state index in [0.717, 1.165) is 0 Å². The van der Waals surface area contributed by atoms with Gasteiger partial charge in [-0.05, 0) is 35.8 Å². The van der Waals surface area contributed by atoms with E-state index < -0.39 is 22.3 Å². The van der Waals surface area contributed by atoms with Crippen LogP contribution in [0.5, 0.6) is 0 Å². The Morgan fingerprint density at radius 2 is 1.62 bits per heavy atom. The van der Waals surface area contributed by atoms with Crippen molar-refractivity contribution in [1.82, 2.24) is 0 Å². The summed E-state index contributed by atoms with van der Waals surface area (Å²) in [4.78, 5) is 19.6. The Balaban J connectivity index is 3.32. The Morgan fingerprint density at radius 1 is 1.19 bits per heavy atom. The summed E-state index contributed by atoms with van der Waals surface area (Å²) >= 11 is 0. The third kappa shape index (κ3) is 2.33. The Bertz CT molecular complexity index is 397. The third-order valence-electron chi connectivity index (χ3n) is 2.66. The summed E-state index contributed by atoms with van der Waals surface area (Å²) in [6.45, 7) is -0.653. The Hall–Kier alpha value is -0.350. The monoisotopic (exact) mass is 266 g/mol. The molecule has 0 atom stereocenters. The van der Waals surface area contributed by atoms with Crippen LogP contribution in [0.4, 0.5) is 4.39 Å². The van der Waals surface area contributed by atoms with Gasteiger partial charge in [0.05, 0.1) is 0 Å². The van der Waals surface area contributed by atoms with E-state index in [-0.39, 0.29) is 0 Å². The first kappa shape index (κ1) is 13.7. The van der Waals surface area contributed by atoms with Crippen molar-refractivity contribution in [2.45, 2.75) is 18.7 Å². The molecule has 1 aromatic rings. The fraction of sp³-hybridized carbons (Fsp3) is 0.400. The molecule has 1 rings (SSSR count). The third-order valence-corrected chi connectivity index (χ3v) is 11.5. The maximum atomic E-state index is 12.8. The minimum absolute atomic E-state index is 0.394. The summed E-state index contributed by atoms with van der Waals surface area (Å²) in [5.74, 6) is 0.411. The summed E-state index contributed by atoms with van der Waals surface area (Å²) < 4.78 is 24.4. The Labute approximate surface area is 95.9 Å². The van der Waals surface area contributed by atoms with E-state index in [1.165, 1.54) is 24.3 Å². The smallest absolute Gasteiger partial charge is 0.317 e. The van der Waals surface area contributed by atoms with Gasteiger partial charge in [0.1, 0.15) is 5.82 Å². The minimum Gasteiger partial charge on any atom is -0.317 e. The van der Waals surface area contributed by atoms with Gasteiger partial charge in [0.2, 0.25) is 0 Å². The number of halogens is 1. The number of benzene rings is 1. The molecule has 0 bridgehead atoms. The second-order valence-corrected chi connectivity index (χ2v) is 11.2. The van der Waals surface area contributed by atoms with Crippen molar-refractivity contribution < 1.29 is 18.7 Å². The van der Waals surface area contributed by atoms with Crippen LogP contribution >= 0.6 is 16.4 Å². The molecule has 16 heavy (non-hydrogen) atoms. The van der Waals surface area contributed by atoms with Crippen molar-refractivity contribution in [3.05, 3.63) is 30.1 Å². The van der Waals surface area contributed by atoms with Crippen LogP contribution in [0.25, 0.3) is 0 Å². The van der Waals surface area contributed by atoms with Gasteiger partial charge in [-0.15, -0.1) is 9.65 Å². The maximum Gasteiger partial charge on any atom is 0.370 e. The molecule has 0 amide bonds. The number of hydrogen-bond donors (Lipinski definition) is 2. The highest BCUT2D eigenvalue weighted by atomic mass is 32.8. The molecule has 0 aliphatic carbocycles. The zero-order valence-corrected chi connectivity index (χ0v) is 11.0. The van der Waals surface area contributed by atoms with Gasteiger partial charge in [-0.3, -0.25) is 0 Å². The van der Waals surface area contributed by atoms with Gasteiger partial charge in [-0.1, -0.05) is 13.8 Å². The quantitative estimate of drug-likeness (QED) is 0.823. The van der Waals surface area contributed by atoms with Crippen LogP contribution in [0.1, 0.15) is 13.8 Å². The van der Waals surface area contributed by atoms with E-state index in [9.17, 15) is 18.7 Å². The number of rotatable bonds is 4. The van der Waals surface area contributed by atoms with Crippen LogP contribution < -0.4 is 0 Å². The molecule has 3 nitrogen and oxygen atoms in total. The zero-order chi connectivity index (χ0) is 12.4. The minimum atomic E-state index is -4.18. The Morgan fingerprint density at radius 3 is 1.94 bits per heavy atom. The summed E-state index contributed by atoms with van der Waals surface area (Å²) in [5.41, 5.74) is 0. The molecule has 0 radical (unpaired) electrons. The van der Waals surface area contributed by atoms with Crippen LogP contribution in [0.2, 0.25) is 0 Å². The van der Waals surface area contributed by atoms with Crippen LogP contribution in [-0.4, -0.2) is 21.3 Å². The zero-order valence-electron chi connectivity index (χ0n) is 9.26. The van der Waals surface area contributed by atoms with Crippen molar-refractivity contribution in [2.24, 2.45) is 0 Å². The van der Waals surface area contributed by atoms with E-state index in [0.29, 0.717) is 16.4 Å². The van der Waals surface area contributed by atoms with Crippen molar-refractivity contribution in [1.29, 1.82) is 0 Å². The van der Waals surface area contributed by atoms with Crippen LogP contribution in [0, 0.1) is 5.82 Å². The van der Waals surface area contributed by atoms with Gasteiger partial charge in [0.15, 0.2) is 0 Å². The van der Waals surface area contributed by atoms with Crippen LogP contribution in [-0.2, 0) is 4.57 Å². The SMILES string of the molecule is CCS(CC)(c1ccc(F)cc1)P(=O)(O)O. The molecular weight excluding hydrogens is 250 g/mol. The first-order valence-corrected chi connectivity index (χ1v) is 9.16.